The van der Waals surface area contributed by atoms with Gasteiger partial charge < -0.3 is 16.2 Å². The first-order chi connectivity index (χ1) is 8.04. The van der Waals surface area contributed by atoms with E-state index >= 15 is 0 Å². The van der Waals surface area contributed by atoms with Crippen molar-refractivity contribution in [2.45, 2.75) is 6.92 Å². The summed E-state index contributed by atoms with van der Waals surface area (Å²) in [6, 6.07) is 12.0. The second-order valence-electron chi connectivity index (χ2n) is 2.60. The first-order valence-corrected chi connectivity index (χ1v) is 4.93. The zero-order chi connectivity index (χ0) is 13.5. The summed E-state index contributed by atoms with van der Waals surface area (Å²) in [6.45, 7) is 5.30. The molecule has 0 bridgehead atoms. The number of nitrogens with one attached hydrogen (secondary N) is 1. The lowest BCUT2D eigenvalue weighted by Gasteiger charge is -1.87. The van der Waals surface area contributed by atoms with Gasteiger partial charge in [-0.2, -0.15) is 0 Å². The molecule has 0 saturated heterocycles. The Labute approximate surface area is 101 Å². The summed E-state index contributed by atoms with van der Waals surface area (Å²) in [6.07, 6.45) is 0.0949. The molecule has 0 unspecified atom stereocenters. The highest BCUT2D eigenvalue weighted by molar-refractivity contribution is 5.84. The van der Waals surface area contributed by atoms with Gasteiger partial charge in [0.1, 0.15) is 0 Å². The van der Waals surface area contributed by atoms with Gasteiger partial charge in [-0.15, -0.1) is 0 Å². The van der Waals surface area contributed by atoms with Crippen LogP contribution in [0, 0.1) is 0 Å². The summed E-state index contributed by atoms with van der Waals surface area (Å²) in [5.41, 5.74) is 4.53. The first kappa shape index (κ1) is 17.1. The molecule has 0 aliphatic heterocycles. The molecular weight excluding hydrogens is 220 g/mol. The Morgan fingerprint density at radius 3 is 1.59 bits per heavy atom. The van der Waals surface area contributed by atoms with Gasteiger partial charge in [-0.25, -0.2) is 4.79 Å². The first-order valence-electron chi connectivity index (χ1n) is 4.93. The molecule has 1 aromatic rings. The zero-order valence-corrected chi connectivity index (χ0v) is 9.80. The number of carbonyl (C=O) groups excluding carboxylic acids is 1. The van der Waals surface area contributed by atoms with Gasteiger partial charge in [-0.3, -0.25) is 4.79 Å². The van der Waals surface area contributed by atoms with Crippen LogP contribution in [-0.4, -0.2) is 23.7 Å². The number of rotatable bonds is 2. The van der Waals surface area contributed by atoms with Crippen molar-refractivity contribution in [2.24, 2.45) is 5.73 Å². The molecule has 2 amide bonds. The maximum absolute atomic E-state index is 9.49. The molecule has 0 heterocycles. The van der Waals surface area contributed by atoms with Gasteiger partial charge in [0.2, 0.25) is 5.91 Å². The van der Waals surface area contributed by atoms with Gasteiger partial charge in [0.05, 0.1) is 0 Å². The molecule has 0 radical (unpaired) electrons. The van der Waals surface area contributed by atoms with E-state index in [4.69, 9.17) is 5.11 Å². The fourth-order valence-corrected chi connectivity index (χ4v) is 0.536. The van der Waals surface area contributed by atoms with E-state index in [9.17, 15) is 9.59 Å². The second kappa shape index (κ2) is 13.7. The highest BCUT2D eigenvalue weighted by Crippen LogP contribution is 1.79. The molecule has 5 heteroatoms. The zero-order valence-electron chi connectivity index (χ0n) is 9.80. The maximum Gasteiger partial charge on any atom is 0.404 e. The molecule has 0 atom stereocenters. The average Bonchev–Trinajstić information content (AvgIpc) is 2.32. The van der Waals surface area contributed by atoms with Gasteiger partial charge >= 0.3 is 6.09 Å². The highest BCUT2D eigenvalue weighted by atomic mass is 16.4. The SMILES string of the molecule is C=CC(N)=O.CCNC(=O)O.c1ccccc1. The van der Waals surface area contributed by atoms with Crippen molar-refractivity contribution in [3.63, 3.8) is 0 Å². The van der Waals surface area contributed by atoms with Crippen LogP contribution in [0.5, 0.6) is 0 Å². The third kappa shape index (κ3) is 24.8. The Bertz CT molecular complexity index is 286. The van der Waals surface area contributed by atoms with Gasteiger partial charge in [0.25, 0.3) is 0 Å². The minimum absolute atomic E-state index is 0.481. The normalized spacial score (nSPS) is 7.35. The molecule has 5 nitrogen and oxygen atoms in total. The largest absolute Gasteiger partial charge is 0.465 e. The van der Waals surface area contributed by atoms with Crippen LogP contribution in [0.25, 0.3) is 0 Å². The van der Waals surface area contributed by atoms with E-state index < -0.39 is 12.0 Å². The van der Waals surface area contributed by atoms with Crippen molar-refractivity contribution < 1.29 is 14.7 Å². The Morgan fingerprint density at radius 1 is 1.24 bits per heavy atom. The van der Waals surface area contributed by atoms with E-state index in [1.54, 1.807) is 6.92 Å². The van der Waals surface area contributed by atoms with Crippen molar-refractivity contribution in [2.75, 3.05) is 6.54 Å². The Kier molecular flexibility index (Phi) is 13.8. The number of hydrogen-bond acceptors (Lipinski definition) is 2. The molecule has 0 aromatic heterocycles. The summed E-state index contributed by atoms with van der Waals surface area (Å²) >= 11 is 0. The summed E-state index contributed by atoms with van der Waals surface area (Å²) in [5, 5.41) is 9.93. The van der Waals surface area contributed by atoms with Gasteiger partial charge in [-0.1, -0.05) is 43.0 Å². The number of primary amides is 1. The van der Waals surface area contributed by atoms with Crippen LogP contribution in [0.4, 0.5) is 4.79 Å². The van der Waals surface area contributed by atoms with E-state index in [1.807, 2.05) is 36.4 Å². The lowest BCUT2D eigenvalue weighted by Crippen LogP contribution is -2.19. The summed E-state index contributed by atoms with van der Waals surface area (Å²) in [7, 11) is 0. The predicted molar refractivity (Wildman–Crippen MR) is 67.5 cm³/mol. The lowest BCUT2D eigenvalue weighted by molar-refractivity contribution is -0.113. The Balaban J connectivity index is 0. The van der Waals surface area contributed by atoms with E-state index in [0.29, 0.717) is 6.54 Å². The molecular formula is C12H18N2O3. The maximum atomic E-state index is 9.49. The van der Waals surface area contributed by atoms with E-state index in [2.05, 4.69) is 17.6 Å². The van der Waals surface area contributed by atoms with Crippen molar-refractivity contribution in [3.05, 3.63) is 49.1 Å². The van der Waals surface area contributed by atoms with Gasteiger partial charge in [0, 0.05) is 6.54 Å². The molecule has 0 fully saturated rings. The van der Waals surface area contributed by atoms with Crippen molar-refractivity contribution >= 4 is 12.0 Å². The van der Waals surface area contributed by atoms with Crippen LogP contribution in [0.1, 0.15) is 6.92 Å². The minimum atomic E-state index is -0.961. The van der Waals surface area contributed by atoms with E-state index in [0.717, 1.165) is 6.08 Å². The fraction of sp³-hybridized carbons (Fsp3) is 0.167. The van der Waals surface area contributed by atoms with Gasteiger partial charge in [0.15, 0.2) is 0 Å². The molecule has 1 rings (SSSR count). The topological polar surface area (TPSA) is 92.4 Å². The monoisotopic (exact) mass is 238 g/mol. The standard InChI is InChI=1S/C6H6.C3H7NO2.C3H5NO/c1-2-4-6-5-3-1;1-2-4-3(5)6;1-2-3(4)5/h1-6H;4H,2H2,1H3,(H,5,6);2H,1H2,(H2,4,5). The van der Waals surface area contributed by atoms with Crippen molar-refractivity contribution in [3.8, 4) is 0 Å². The van der Waals surface area contributed by atoms with Crippen molar-refractivity contribution in [1.29, 1.82) is 0 Å². The van der Waals surface area contributed by atoms with Gasteiger partial charge in [-0.05, 0) is 13.0 Å². The summed E-state index contributed by atoms with van der Waals surface area (Å²) in [4.78, 5) is 19.0. The highest BCUT2D eigenvalue weighted by Gasteiger charge is 1.83. The van der Waals surface area contributed by atoms with Crippen LogP contribution in [0.3, 0.4) is 0 Å². The Morgan fingerprint density at radius 2 is 1.53 bits per heavy atom. The van der Waals surface area contributed by atoms with Crippen molar-refractivity contribution in [1.82, 2.24) is 5.32 Å². The molecule has 4 N–H and O–H groups in total. The second-order valence-corrected chi connectivity index (χ2v) is 2.60. The third-order valence-corrected chi connectivity index (χ3v) is 1.20. The number of nitrogens with two attached hydrogens (primary N) is 1. The lowest BCUT2D eigenvalue weighted by atomic mass is 10.4. The van der Waals surface area contributed by atoms with E-state index in [-0.39, 0.29) is 0 Å². The molecule has 0 saturated carbocycles. The van der Waals surface area contributed by atoms with E-state index in [1.165, 1.54) is 0 Å². The quantitative estimate of drug-likeness (QED) is 0.683. The molecule has 0 aliphatic carbocycles. The molecule has 0 spiro atoms. The minimum Gasteiger partial charge on any atom is -0.465 e. The van der Waals surface area contributed by atoms with Crippen LogP contribution in [-0.2, 0) is 4.79 Å². The number of hydrogen-bond donors (Lipinski definition) is 3. The molecule has 17 heavy (non-hydrogen) atoms. The van der Waals surface area contributed by atoms with Crippen LogP contribution >= 0.6 is 0 Å². The number of carboxylic acid groups (broad SMARTS) is 1. The predicted octanol–water partition coefficient (Wildman–Crippen LogP) is 1.62. The summed E-state index contributed by atoms with van der Waals surface area (Å²) in [5.74, 6) is -0.481. The van der Waals surface area contributed by atoms with Crippen LogP contribution < -0.4 is 11.1 Å². The molecule has 1 aromatic carbocycles. The van der Waals surface area contributed by atoms with Crippen LogP contribution in [0.2, 0.25) is 0 Å². The van der Waals surface area contributed by atoms with Crippen LogP contribution in [0.15, 0.2) is 49.1 Å². The smallest absolute Gasteiger partial charge is 0.404 e. The fourth-order valence-electron chi connectivity index (χ4n) is 0.536. The average molecular weight is 238 g/mol. The summed E-state index contributed by atoms with van der Waals surface area (Å²) < 4.78 is 0. The number of carbonyl (C=O) groups is 2. The number of amides is 2. The molecule has 0 aliphatic rings. The molecule has 94 valence electrons. The third-order valence-electron chi connectivity index (χ3n) is 1.20. The number of benzene rings is 1. The Hall–Kier alpha value is -2.30.